The lowest BCUT2D eigenvalue weighted by molar-refractivity contribution is -0.161. The molecule has 15 heteroatoms. The van der Waals surface area contributed by atoms with Crippen molar-refractivity contribution in [2.75, 3.05) is 26.4 Å². The molecule has 0 aliphatic heterocycles. The first kappa shape index (κ1) is 27.7. The van der Waals surface area contributed by atoms with Gasteiger partial charge in [-0.1, -0.05) is 0 Å². The van der Waals surface area contributed by atoms with Crippen LogP contribution in [0, 0.1) is 0 Å². The maximum Gasteiger partial charge on any atom is 0.333 e. The van der Waals surface area contributed by atoms with Crippen molar-refractivity contribution in [3.8, 4) is 0 Å². The normalized spacial score (nSPS) is 13.5. The number of rotatable bonds is 17. The van der Waals surface area contributed by atoms with Gasteiger partial charge in [0.25, 0.3) is 0 Å². The van der Waals surface area contributed by atoms with E-state index in [-0.39, 0.29) is 0 Å². The molecule has 15 nitrogen and oxygen atoms in total. The Bertz CT molecular complexity index is 663. The summed E-state index contributed by atoms with van der Waals surface area (Å²) >= 11 is 0. The number of carbonyl (C=O) groups is 6. The molecule has 0 saturated heterocycles. The fraction of sp³-hybridized carbons (Fsp3) is 0.625. The number of hydrogen-bond acceptors (Lipinski definition) is 11. The predicted molar refractivity (Wildman–Crippen MR) is 93.8 cm³/mol. The minimum Gasteiger partial charge on any atom is -0.481 e. The molecule has 0 aromatic heterocycles. The van der Waals surface area contributed by atoms with Crippen LogP contribution in [0.1, 0.15) is 19.3 Å². The highest BCUT2D eigenvalue weighted by Crippen LogP contribution is 2.02. The molecule has 0 amide bonds. The van der Waals surface area contributed by atoms with Crippen molar-refractivity contribution in [2.24, 2.45) is 5.73 Å². The SMILES string of the molecule is N[C@@H](CC(=O)OCCOC(CC(=O)O)C(=O)O)C(=O)OCCOC(CC(=O)O)C(=O)O. The van der Waals surface area contributed by atoms with Crippen molar-refractivity contribution in [3.05, 3.63) is 0 Å². The number of carboxylic acids is 4. The summed E-state index contributed by atoms with van der Waals surface area (Å²) in [4.78, 5) is 65.8. The van der Waals surface area contributed by atoms with Crippen molar-refractivity contribution >= 4 is 35.8 Å². The molecule has 0 aromatic rings. The quantitative estimate of drug-likeness (QED) is 0.114. The number of esters is 2. The number of carbonyl (C=O) groups excluding carboxylic acids is 2. The van der Waals surface area contributed by atoms with Gasteiger partial charge < -0.3 is 45.1 Å². The maximum absolute atomic E-state index is 11.7. The van der Waals surface area contributed by atoms with Crippen LogP contribution >= 0.6 is 0 Å². The topological polar surface area (TPSA) is 246 Å². The Morgan fingerprint density at radius 2 is 1.06 bits per heavy atom. The van der Waals surface area contributed by atoms with Gasteiger partial charge in [-0.2, -0.15) is 0 Å². The second kappa shape index (κ2) is 14.6. The van der Waals surface area contributed by atoms with E-state index in [2.05, 4.69) is 9.47 Å². The summed E-state index contributed by atoms with van der Waals surface area (Å²) in [5.41, 5.74) is 5.46. The van der Waals surface area contributed by atoms with Gasteiger partial charge >= 0.3 is 35.8 Å². The Kier molecular flexibility index (Phi) is 13.1. The highest BCUT2D eigenvalue weighted by molar-refractivity contribution is 5.82. The van der Waals surface area contributed by atoms with Gasteiger partial charge in [0, 0.05) is 0 Å². The van der Waals surface area contributed by atoms with Crippen molar-refractivity contribution in [1.82, 2.24) is 0 Å². The zero-order valence-electron chi connectivity index (χ0n) is 16.1. The number of aliphatic carboxylic acids is 4. The van der Waals surface area contributed by atoms with E-state index >= 15 is 0 Å². The van der Waals surface area contributed by atoms with Crippen LogP contribution in [0.2, 0.25) is 0 Å². The van der Waals surface area contributed by atoms with Crippen molar-refractivity contribution < 1.29 is 68.1 Å². The summed E-state index contributed by atoms with van der Waals surface area (Å²) in [6.07, 6.45) is -5.42. The monoisotopic (exact) mass is 453 g/mol. The fourth-order valence-corrected chi connectivity index (χ4v) is 1.86. The summed E-state index contributed by atoms with van der Waals surface area (Å²) < 4.78 is 18.9. The number of carboxylic acid groups (broad SMARTS) is 4. The van der Waals surface area contributed by atoms with Gasteiger partial charge in [0.15, 0.2) is 12.2 Å². The van der Waals surface area contributed by atoms with E-state index < -0.39 is 99.8 Å². The van der Waals surface area contributed by atoms with Crippen LogP contribution < -0.4 is 5.73 Å². The zero-order valence-corrected chi connectivity index (χ0v) is 16.1. The molecule has 3 atom stereocenters. The lowest BCUT2D eigenvalue weighted by Gasteiger charge is -2.14. The maximum atomic E-state index is 11.7. The average Bonchev–Trinajstić information content (AvgIpc) is 2.65. The van der Waals surface area contributed by atoms with Crippen LogP contribution in [0.5, 0.6) is 0 Å². The summed E-state index contributed by atoms with van der Waals surface area (Å²) in [6.45, 7) is -1.70. The molecule has 0 aromatic carbocycles. The third kappa shape index (κ3) is 13.5. The molecule has 0 rings (SSSR count). The van der Waals surface area contributed by atoms with E-state index in [4.69, 9.17) is 35.6 Å². The summed E-state index contributed by atoms with van der Waals surface area (Å²) in [7, 11) is 0. The van der Waals surface area contributed by atoms with Crippen LogP contribution in [-0.4, -0.2) is 101 Å². The molecule has 0 heterocycles. The minimum atomic E-state index is -1.63. The van der Waals surface area contributed by atoms with E-state index in [1.54, 1.807) is 0 Å². The molecule has 31 heavy (non-hydrogen) atoms. The molecule has 0 aliphatic carbocycles. The molecule has 0 fully saturated rings. The van der Waals surface area contributed by atoms with Crippen LogP contribution in [0.25, 0.3) is 0 Å². The largest absolute Gasteiger partial charge is 0.481 e. The molecule has 0 bridgehead atoms. The van der Waals surface area contributed by atoms with Crippen molar-refractivity contribution in [2.45, 2.75) is 37.5 Å². The zero-order chi connectivity index (χ0) is 24.0. The summed E-state index contributed by atoms with van der Waals surface area (Å²) in [6, 6.07) is -1.43. The van der Waals surface area contributed by atoms with Crippen LogP contribution in [0.3, 0.4) is 0 Å². The highest BCUT2D eigenvalue weighted by atomic mass is 16.6. The van der Waals surface area contributed by atoms with E-state index in [9.17, 15) is 28.8 Å². The molecule has 0 spiro atoms. The van der Waals surface area contributed by atoms with Crippen LogP contribution in [0.15, 0.2) is 0 Å². The third-order valence-electron chi connectivity index (χ3n) is 3.27. The Labute approximate surface area is 174 Å². The molecular weight excluding hydrogens is 430 g/mol. The van der Waals surface area contributed by atoms with E-state index in [1.807, 2.05) is 0 Å². The molecular formula is C16H23NO14. The Morgan fingerprint density at radius 1 is 0.645 bits per heavy atom. The van der Waals surface area contributed by atoms with Gasteiger partial charge in [0.05, 0.1) is 32.5 Å². The number of ether oxygens (including phenoxy) is 4. The second-order valence-corrected chi connectivity index (χ2v) is 5.79. The van der Waals surface area contributed by atoms with E-state index in [0.717, 1.165) is 0 Å². The number of nitrogens with two attached hydrogens (primary N) is 1. The van der Waals surface area contributed by atoms with E-state index in [0.29, 0.717) is 0 Å². The average molecular weight is 453 g/mol. The molecule has 0 radical (unpaired) electrons. The number of hydrogen-bond donors (Lipinski definition) is 5. The predicted octanol–water partition coefficient (Wildman–Crippen LogP) is -2.32. The Morgan fingerprint density at radius 3 is 1.45 bits per heavy atom. The summed E-state index contributed by atoms with van der Waals surface area (Å²) in [5, 5.41) is 34.6. The molecule has 6 N–H and O–H groups in total. The molecule has 176 valence electrons. The molecule has 0 aliphatic rings. The summed E-state index contributed by atoms with van der Waals surface area (Å²) in [5.74, 6) is -7.76. The first-order chi connectivity index (χ1) is 14.4. The van der Waals surface area contributed by atoms with Gasteiger partial charge in [0.2, 0.25) is 0 Å². The first-order valence-corrected chi connectivity index (χ1v) is 8.64. The van der Waals surface area contributed by atoms with Gasteiger partial charge in [-0.3, -0.25) is 19.2 Å². The third-order valence-corrected chi connectivity index (χ3v) is 3.27. The molecule has 0 saturated carbocycles. The van der Waals surface area contributed by atoms with Gasteiger partial charge in [-0.15, -0.1) is 0 Å². The standard InChI is InChI=1S/C16H23NO14/c17-8(16(27)31-4-2-29-10(15(25)26)7-12(20)21)5-13(22)30-3-1-28-9(14(23)24)6-11(18)19/h8-10H,1-7,17H2,(H,18,19)(H,20,21)(H,23,24)(H,25,26)/t8-,9?,10?/m0/s1. The fourth-order valence-electron chi connectivity index (χ4n) is 1.86. The van der Waals surface area contributed by atoms with Gasteiger partial charge in [0.1, 0.15) is 19.3 Å². The van der Waals surface area contributed by atoms with Crippen molar-refractivity contribution in [1.29, 1.82) is 0 Å². The highest BCUT2D eigenvalue weighted by Gasteiger charge is 2.24. The van der Waals surface area contributed by atoms with Crippen molar-refractivity contribution in [3.63, 3.8) is 0 Å². The van der Waals surface area contributed by atoms with Gasteiger partial charge in [-0.05, 0) is 0 Å². The Balaban J connectivity index is 4.13. The lowest BCUT2D eigenvalue weighted by atomic mass is 10.2. The minimum absolute atomic E-state index is 0.409. The van der Waals surface area contributed by atoms with Crippen LogP contribution in [0.4, 0.5) is 0 Å². The van der Waals surface area contributed by atoms with E-state index in [1.165, 1.54) is 0 Å². The smallest absolute Gasteiger partial charge is 0.333 e. The lowest BCUT2D eigenvalue weighted by Crippen LogP contribution is -2.36. The second-order valence-electron chi connectivity index (χ2n) is 5.79. The van der Waals surface area contributed by atoms with Gasteiger partial charge in [-0.25, -0.2) is 9.59 Å². The Hall–Kier alpha value is -3.30. The molecule has 2 unspecified atom stereocenters. The first-order valence-electron chi connectivity index (χ1n) is 8.64. The van der Waals surface area contributed by atoms with Crippen LogP contribution in [-0.2, 0) is 47.7 Å².